The van der Waals surface area contributed by atoms with Gasteiger partial charge in [-0.05, 0) is 80.2 Å². The Morgan fingerprint density at radius 1 is 0.281 bits per heavy atom. The van der Waals surface area contributed by atoms with Gasteiger partial charge in [-0.1, -0.05) is 170 Å². The number of benzene rings is 9. The molecular formula is C53H34N4. The Labute approximate surface area is 330 Å². The van der Waals surface area contributed by atoms with E-state index in [0.29, 0.717) is 17.5 Å². The molecule has 0 unspecified atom stereocenters. The maximum atomic E-state index is 5.26. The van der Waals surface area contributed by atoms with Gasteiger partial charge in [0.2, 0.25) is 0 Å². The largest absolute Gasteiger partial charge is 0.309 e. The summed E-state index contributed by atoms with van der Waals surface area (Å²) in [5, 5.41) is 7.28. The van der Waals surface area contributed by atoms with Crippen LogP contribution in [-0.4, -0.2) is 19.5 Å². The van der Waals surface area contributed by atoms with Gasteiger partial charge in [-0.3, -0.25) is 0 Å². The molecule has 2 aromatic heterocycles. The highest BCUT2D eigenvalue weighted by Gasteiger charge is 2.19. The third-order valence-corrected chi connectivity index (χ3v) is 11.0. The average Bonchev–Trinajstić information content (AvgIpc) is 3.63. The smallest absolute Gasteiger partial charge is 0.164 e. The van der Waals surface area contributed by atoms with Crippen molar-refractivity contribution in [1.29, 1.82) is 0 Å². The predicted molar refractivity (Wildman–Crippen MR) is 236 cm³/mol. The Bertz CT molecular complexity index is 3220. The summed E-state index contributed by atoms with van der Waals surface area (Å²) in [5.74, 6) is 1.86. The van der Waals surface area contributed by atoms with E-state index in [4.69, 9.17) is 15.0 Å². The number of nitrogens with zero attached hydrogens (tertiary/aromatic N) is 4. The van der Waals surface area contributed by atoms with E-state index in [1.54, 1.807) is 0 Å². The van der Waals surface area contributed by atoms with E-state index in [0.717, 1.165) is 50.1 Å². The van der Waals surface area contributed by atoms with Crippen LogP contribution in [0.25, 0.3) is 105 Å². The van der Waals surface area contributed by atoms with Gasteiger partial charge in [-0.15, -0.1) is 0 Å². The van der Waals surface area contributed by atoms with Crippen molar-refractivity contribution in [3.63, 3.8) is 0 Å². The molecule has 2 heterocycles. The SMILES string of the molecule is c1ccc(-c2ccc(-c3nc(-c4ccccc4)nc(-c4cc(-c5cc6ccccc6c6ccccc56)cc(-n5c6ccccc6c6ccccc65)c4)n3)cc2)cc1. The van der Waals surface area contributed by atoms with Crippen molar-refractivity contribution >= 4 is 43.4 Å². The summed E-state index contributed by atoms with van der Waals surface area (Å²) >= 11 is 0. The van der Waals surface area contributed by atoms with Crippen molar-refractivity contribution in [2.45, 2.75) is 0 Å². The van der Waals surface area contributed by atoms with E-state index >= 15 is 0 Å². The molecule has 11 rings (SSSR count). The van der Waals surface area contributed by atoms with Crippen LogP contribution < -0.4 is 0 Å². The second-order valence-electron chi connectivity index (χ2n) is 14.4. The maximum absolute atomic E-state index is 5.26. The van der Waals surface area contributed by atoms with Crippen LogP contribution in [-0.2, 0) is 0 Å². The number of aromatic nitrogens is 4. The number of hydrogen-bond donors (Lipinski definition) is 0. The van der Waals surface area contributed by atoms with Crippen molar-refractivity contribution in [1.82, 2.24) is 19.5 Å². The first-order valence-electron chi connectivity index (χ1n) is 19.3. The lowest BCUT2D eigenvalue weighted by molar-refractivity contribution is 1.07. The van der Waals surface area contributed by atoms with Crippen LogP contribution in [0.15, 0.2) is 206 Å². The molecule has 11 aromatic rings. The molecule has 0 N–H and O–H groups in total. The average molecular weight is 727 g/mol. The van der Waals surface area contributed by atoms with Crippen LogP contribution in [0.3, 0.4) is 0 Å². The standard InChI is InChI=1S/C53H34N4/c1-3-15-35(16-4-1)36-27-29-38(30-28-36)52-54-51(37-17-5-2-6-18-37)55-53(56-52)41-31-40(48-34-39-19-7-8-20-43(39)44-21-9-10-22-45(44)48)32-42(33-41)57-49-25-13-11-23-46(49)47-24-12-14-26-50(47)57/h1-34H. The van der Waals surface area contributed by atoms with Crippen molar-refractivity contribution in [3.05, 3.63) is 206 Å². The van der Waals surface area contributed by atoms with E-state index in [-0.39, 0.29) is 0 Å². The van der Waals surface area contributed by atoms with Crippen LogP contribution >= 0.6 is 0 Å². The summed E-state index contributed by atoms with van der Waals surface area (Å²) < 4.78 is 2.38. The highest BCUT2D eigenvalue weighted by atomic mass is 15.0. The Kier molecular flexibility index (Phi) is 7.78. The van der Waals surface area contributed by atoms with Gasteiger partial charge in [0.15, 0.2) is 17.5 Å². The highest BCUT2D eigenvalue weighted by molar-refractivity contribution is 6.14. The molecule has 0 bridgehead atoms. The molecule has 0 aliphatic rings. The van der Waals surface area contributed by atoms with E-state index in [9.17, 15) is 0 Å². The monoisotopic (exact) mass is 726 g/mol. The molecular weight excluding hydrogens is 693 g/mol. The molecule has 0 fully saturated rings. The number of hydrogen-bond acceptors (Lipinski definition) is 3. The molecule has 4 heteroatoms. The van der Waals surface area contributed by atoms with Crippen molar-refractivity contribution in [2.24, 2.45) is 0 Å². The highest BCUT2D eigenvalue weighted by Crippen LogP contribution is 2.40. The summed E-state index contributed by atoms with van der Waals surface area (Å²) in [6, 6.07) is 72.9. The van der Waals surface area contributed by atoms with Crippen LogP contribution in [0, 0.1) is 0 Å². The molecule has 0 radical (unpaired) electrons. The van der Waals surface area contributed by atoms with Crippen LogP contribution in [0.1, 0.15) is 0 Å². The van der Waals surface area contributed by atoms with Gasteiger partial charge < -0.3 is 4.57 Å². The van der Waals surface area contributed by atoms with E-state index in [1.807, 2.05) is 24.3 Å². The number of para-hydroxylation sites is 2. The quantitative estimate of drug-likeness (QED) is 0.160. The van der Waals surface area contributed by atoms with Crippen molar-refractivity contribution in [2.75, 3.05) is 0 Å². The molecule has 266 valence electrons. The fraction of sp³-hybridized carbons (Fsp3) is 0. The van der Waals surface area contributed by atoms with Gasteiger partial charge in [-0.25, -0.2) is 15.0 Å². The topological polar surface area (TPSA) is 43.6 Å². The minimum Gasteiger partial charge on any atom is -0.309 e. The molecule has 0 atom stereocenters. The minimum absolute atomic E-state index is 0.611. The lowest BCUT2D eigenvalue weighted by Gasteiger charge is -2.16. The zero-order valence-corrected chi connectivity index (χ0v) is 30.9. The molecule has 4 nitrogen and oxygen atoms in total. The summed E-state index contributed by atoms with van der Waals surface area (Å²) in [5.41, 5.74) is 10.6. The van der Waals surface area contributed by atoms with E-state index < -0.39 is 0 Å². The summed E-state index contributed by atoms with van der Waals surface area (Å²) in [4.78, 5) is 15.6. The second-order valence-corrected chi connectivity index (χ2v) is 14.4. The fourth-order valence-electron chi connectivity index (χ4n) is 8.31. The second kappa shape index (κ2) is 13.6. The summed E-state index contributed by atoms with van der Waals surface area (Å²) in [6.45, 7) is 0. The van der Waals surface area contributed by atoms with Gasteiger partial charge in [0.1, 0.15) is 0 Å². The number of fused-ring (bicyclic) bond motifs is 6. The third-order valence-electron chi connectivity index (χ3n) is 11.0. The molecule has 0 saturated heterocycles. The molecule has 57 heavy (non-hydrogen) atoms. The zero-order chi connectivity index (χ0) is 37.7. The fourth-order valence-corrected chi connectivity index (χ4v) is 8.31. The number of rotatable bonds is 6. The summed E-state index contributed by atoms with van der Waals surface area (Å²) in [7, 11) is 0. The first-order chi connectivity index (χ1) is 28.2. The van der Waals surface area contributed by atoms with E-state index in [1.165, 1.54) is 37.9 Å². The predicted octanol–water partition coefficient (Wildman–Crippen LogP) is 13.6. The Hall–Kier alpha value is -7.69. The van der Waals surface area contributed by atoms with Gasteiger partial charge in [0.25, 0.3) is 0 Å². The maximum Gasteiger partial charge on any atom is 0.164 e. The molecule has 0 aliphatic heterocycles. The lowest BCUT2D eigenvalue weighted by Crippen LogP contribution is -2.02. The normalized spacial score (nSPS) is 11.5. The molecule has 0 amide bonds. The molecule has 0 aliphatic carbocycles. The van der Waals surface area contributed by atoms with Crippen LogP contribution in [0.5, 0.6) is 0 Å². The third kappa shape index (κ3) is 5.74. The first-order valence-corrected chi connectivity index (χ1v) is 19.3. The molecule has 9 aromatic carbocycles. The zero-order valence-electron chi connectivity index (χ0n) is 30.9. The van der Waals surface area contributed by atoms with Crippen molar-refractivity contribution in [3.8, 4) is 62.1 Å². The first kappa shape index (κ1) is 32.7. The molecule has 0 spiro atoms. The summed E-state index contributed by atoms with van der Waals surface area (Å²) in [6.07, 6.45) is 0. The Morgan fingerprint density at radius 2 is 0.719 bits per heavy atom. The Morgan fingerprint density at radius 3 is 1.37 bits per heavy atom. The van der Waals surface area contributed by atoms with Crippen LogP contribution in [0.4, 0.5) is 0 Å². The van der Waals surface area contributed by atoms with Gasteiger partial charge in [0, 0.05) is 33.2 Å². The lowest BCUT2D eigenvalue weighted by atomic mass is 9.92. The molecule has 0 saturated carbocycles. The van der Waals surface area contributed by atoms with E-state index in [2.05, 4.69) is 187 Å². The van der Waals surface area contributed by atoms with Gasteiger partial charge in [0.05, 0.1) is 11.0 Å². The van der Waals surface area contributed by atoms with Gasteiger partial charge in [-0.2, -0.15) is 0 Å². The Balaban J connectivity index is 1.18. The minimum atomic E-state index is 0.611. The van der Waals surface area contributed by atoms with Gasteiger partial charge >= 0.3 is 0 Å². The van der Waals surface area contributed by atoms with Crippen LogP contribution in [0.2, 0.25) is 0 Å². The van der Waals surface area contributed by atoms with Crippen molar-refractivity contribution < 1.29 is 0 Å².